The Bertz CT molecular complexity index is 276. The lowest BCUT2D eigenvalue weighted by molar-refractivity contribution is 0.856. The van der Waals surface area contributed by atoms with Crippen LogP contribution in [0, 0.1) is 0 Å². The molecule has 0 radical (unpaired) electrons. The van der Waals surface area contributed by atoms with Crippen LogP contribution in [-0.4, -0.2) is 0 Å². The van der Waals surface area contributed by atoms with Crippen LogP contribution in [0.3, 0.4) is 0 Å². The molecule has 0 aromatic heterocycles. The van der Waals surface area contributed by atoms with Gasteiger partial charge >= 0.3 is 0 Å². The topological polar surface area (TPSA) is 26.0 Å². The fourth-order valence-electron chi connectivity index (χ4n) is 1.54. The molecule has 1 aromatic carbocycles. The van der Waals surface area contributed by atoms with E-state index in [1.807, 2.05) is 0 Å². The third kappa shape index (κ3) is 2.31. The molecule has 0 bridgehead atoms. The highest BCUT2D eigenvalue weighted by Gasteiger charge is 2.03. The lowest BCUT2D eigenvalue weighted by atomic mass is 9.96. The average Bonchev–Trinajstić information content (AvgIpc) is 2.16. The number of aryl methyl sites for hydroxylation is 1. The molecular formula is C12H19N. The van der Waals surface area contributed by atoms with Gasteiger partial charge in [-0.15, -0.1) is 0 Å². The summed E-state index contributed by atoms with van der Waals surface area (Å²) in [5.41, 5.74) is 9.76. The normalized spacial score (nSPS) is 10.8. The van der Waals surface area contributed by atoms with Gasteiger partial charge in [-0.05, 0) is 29.0 Å². The molecular weight excluding hydrogens is 158 g/mol. The van der Waals surface area contributed by atoms with Crippen LogP contribution in [-0.2, 0) is 13.0 Å². The Balaban J connectivity index is 3.05. The Morgan fingerprint density at radius 2 is 1.92 bits per heavy atom. The van der Waals surface area contributed by atoms with E-state index in [2.05, 4.69) is 39.0 Å². The molecule has 0 atom stereocenters. The lowest BCUT2D eigenvalue weighted by Crippen LogP contribution is -2.02. The SMILES string of the molecule is CCc1ccc(C(C)C)cc1CN. The van der Waals surface area contributed by atoms with E-state index < -0.39 is 0 Å². The zero-order valence-electron chi connectivity index (χ0n) is 8.80. The zero-order chi connectivity index (χ0) is 9.84. The van der Waals surface area contributed by atoms with Crippen molar-refractivity contribution in [2.75, 3.05) is 0 Å². The summed E-state index contributed by atoms with van der Waals surface area (Å²) in [5.74, 6) is 0.594. The van der Waals surface area contributed by atoms with E-state index in [1.165, 1.54) is 16.7 Å². The summed E-state index contributed by atoms with van der Waals surface area (Å²) in [6.07, 6.45) is 1.07. The van der Waals surface area contributed by atoms with Gasteiger partial charge in [0.15, 0.2) is 0 Å². The van der Waals surface area contributed by atoms with Crippen molar-refractivity contribution in [2.24, 2.45) is 5.73 Å². The molecule has 0 amide bonds. The molecule has 1 heteroatoms. The quantitative estimate of drug-likeness (QED) is 0.755. The molecule has 0 saturated carbocycles. The van der Waals surface area contributed by atoms with Gasteiger partial charge in [0.25, 0.3) is 0 Å². The Morgan fingerprint density at radius 3 is 2.38 bits per heavy atom. The van der Waals surface area contributed by atoms with Gasteiger partial charge in [-0.2, -0.15) is 0 Å². The van der Waals surface area contributed by atoms with Crippen molar-refractivity contribution in [1.29, 1.82) is 0 Å². The van der Waals surface area contributed by atoms with Gasteiger partial charge in [-0.25, -0.2) is 0 Å². The maximum absolute atomic E-state index is 5.70. The maximum atomic E-state index is 5.70. The van der Waals surface area contributed by atoms with Crippen LogP contribution in [0.1, 0.15) is 43.4 Å². The van der Waals surface area contributed by atoms with Crippen molar-refractivity contribution in [2.45, 2.75) is 39.7 Å². The Labute approximate surface area is 81.0 Å². The summed E-state index contributed by atoms with van der Waals surface area (Å²) in [4.78, 5) is 0. The zero-order valence-corrected chi connectivity index (χ0v) is 8.80. The number of nitrogens with two attached hydrogens (primary N) is 1. The number of hydrogen-bond acceptors (Lipinski definition) is 1. The Hall–Kier alpha value is -0.820. The fourth-order valence-corrected chi connectivity index (χ4v) is 1.54. The van der Waals surface area contributed by atoms with Crippen molar-refractivity contribution < 1.29 is 0 Å². The highest BCUT2D eigenvalue weighted by molar-refractivity contribution is 5.33. The van der Waals surface area contributed by atoms with Gasteiger partial charge in [0, 0.05) is 6.54 Å². The largest absolute Gasteiger partial charge is 0.326 e. The molecule has 1 aromatic rings. The van der Waals surface area contributed by atoms with Gasteiger partial charge in [-0.1, -0.05) is 39.0 Å². The summed E-state index contributed by atoms with van der Waals surface area (Å²) in [7, 11) is 0. The first-order valence-electron chi connectivity index (χ1n) is 5.00. The van der Waals surface area contributed by atoms with E-state index in [9.17, 15) is 0 Å². The number of hydrogen-bond donors (Lipinski definition) is 1. The van der Waals surface area contributed by atoms with Crippen LogP contribution in [0.4, 0.5) is 0 Å². The highest BCUT2D eigenvalue weighted by atomic mass is 14.5. The third-order valence-corrected chi connectivity index (χ3v) is 2.50. The van der Waals surface area contributed by atoms with Crippen LogP contribution in [0.15, 0.2) is 18.2 Å². The van der Waals surface area contributed by atoms with Crippen molar-refractivity contribution in [3.63, 3.8) is 0 Å². The van der Waals surface area contributed by atoms with E-state index >= 15 is 0 Å². The predicted molar refractivity (Wildman–Crippen MR) is 57.8 cm³/mol. The second kappa shape index (κ2) is 4.43. The summed E-state index contributed by atoms with van der Waals surface area (Å²) < 4.78 is 0. The monoisotopic (exact) mass is 177 g/mol. The van der Waals surface area contributed by atoms with Gasteiger partial charge in [0.1, 0.15) is 0 Å². The van der Waals surface area contributed by atoms with Gasteiger partial charge in [0.05, 0.1) is 0 Å². The molecule has 72 valence electrons. The summed E-state index contributed by atoms with van der Waals surface area (Å²) in [6, 6.07) is 6.66. The molecule has 0 spiro atoms. The first kappa shape index (κ1) is 10.3. The number of rotatable bonds is 3. The number of benzene rings is 1. The van der Waals surface area contributed by atoms with E-state index in [0.717, 1.165) is 6.42 Å². The molecule has 0 unspecified atom stereocenters. The van der Waals surface area contributed by atoms with Crippen LogP contribution in [0.25, 0.3) is 0 Å². The first-order valence-corrected chi connectivity index (χ1v) is 5.00. The molecule has 0 aliphatic heterocycles. The van der Waals surface area contributed by atoms with Crippen molar-refractivity contribution in [3.05, 3.63) is 34.9 Å². The molecule has 13 heavy (non-hydrogen) atoms. The van der Waals surface area contributed by atoms with Gasteiger partial charge < -0.3 is 5.73 Å². The van der Waals surface area contributed by atoms with Gasteiger partial charge in [-0.3, -0.25) is 0 Å². The summed E-state index contributed by atoms with van der Waals surface area (Å²) >= 11 is 0. The maximum Gasteiger partial charge on any atom is 0.0180 e. The molecule has 2 N–H and O–H groups in total. The van der Waals surface area contributed by atoms with Crippen molar-refractivity contribution in [1.82, 2.24) is 0 Å². The van der Waals surface area contributed by atoms with Crippen LogP contribution >= 0.6 is 0 Å². The summed E-state index contributed by atoms with van der Waals surface area (Å²) in [6.45, 7) is 7.25. The van der Waals surface area contributed by atoms with Crippen molar-refractivity contribution in [3.8, 4) is 0 Å². The predicted octanol–water partition coefficient (Wildman–Crippen LogP) is 2.83. The van der Waals surface area contributed by atoms with Crippen LogP contribution in [0.2, 0.25) is 0 Å². The van der Waals surface area contributed by atoms with Crippen molar-refractivity contribution >= 4 is 0 Å². The first-order chi connectivity index (χ1) is 6.19. The smallest absolute Gasteiger partial charge is 0.0180 e. The fraction of sp³-hybridized carbons (Fsp3) is 0.500. The summed E-state index contributed by atoms with van der Waals surface area (Å²) in [5, 5.41) is 0. The molecule has 0 saturated heterocycles. The molecule has 0 aliphatic carbocycles. The molecule has 0 heterocycles. The molecule has 1 rings (SSSR count). The van der Waals surface area contributed by atoms with E-state index in [0.29, 0.717) is 12.5 Å². The second-order valence-electron chi connectivity index (χ2n) is 3.74. The minimum absolute atomic E-state index is 0.594. The standard InChI is InChI=1S/C12H19N/c1-4-10-5-6-11(9(2)3)7-12(10)8-13/h5-7,9H,4,8,13H2,1-3H3. The van der Waals surface area contributed by atoms with E-state index in [1.54, 1.807) is 0 Å². The van der Waals surface area contributed by atoms with Gasteiger partial charge in [0.2, 0.25) is 0 Å². The third-order valence-electron chi connectivity index (χ3n) is 2.50. The lowest BCUT2D eigenvalue weighted by Gasteiger charge is -2.10. The van der Waals surface area contributed by atoms with E-state index in [-0.39, 0.29) is 0 Å². The molecule has 1 nitrogen and oxygen atoms in total. The van der Waals surface area contributed by atoms with Crippen LogP contribution < -0.4 is 5.73 Å². The Morgan fingerprint density at radius 1 is 1.23 bits per heavy atom. The second-order valence-corrected chi connectivity index (χ2v) is 3.74. The molecule has 0 fully saturated rings. The Kier molecular flexibility index (Phi) is 3.49. The van der Waals surface area contributed by atoms with E-state index in [4.69, 9.17) is 5.73 Å². The average molecular weight is 177 g/mol. The molecule has 0 aliphatic rings. The van der Waals surface area contributed by atoms with Crippen LogP contribution in [0.5, 0.6) is 0 Å². The minimum Gasteiger partial charge on any atom is -0.326 e. The highest BCUT2D eigenvalue weighted by Crippen LogP contribution is 2.18. The minimum atomic E-state index is 0.594.